The second-order valence-electron chi connectivity index (χ2n) is 6.56. The second-order valence-corrected chi connectivity index (χ2v) is 6.56. The van der Waals surface area contributed by atoms with E-state index in [1.165, 1.54) is 5.56 Å². The van der Waals surface area contributed by atoms with E-state index in [0.29, 0.717) is 6.54 Å². The van der Waals surface area contributed by atoms with E-state index in [1.54, 1.807) is 6.26 Å². The van der Waals surface area contributed by atoms with Crippen LogP contribution in [0.2, 0.25) is 0 Å². The van der Waals surface area contributed by atoms with Gasteiger partial charge in [0.2, 0.25) is 0 Å². The highest BCUT2D eigenvalue weighted by Gasteiger charge is 2.30. The van der Waals surface area contributed by atoms with Crippen LogP contribution in [0.15, 0.2) is 53.1 Å². The van der Waals surface area contributed by atoms with Gasteiger partial charge in [0.15, 0.2) is 5.82 Å². The number of hydrogen-bond acceptors (Lipinski definition) is 6. The fourth-order valence-electron chi connectivity index (χ4n) is 3.57. The van der Waals surface area contributed by atoms with Crippen molar-refractivity contribution >= 4 is 0 Å². The summed E-state index contributed by atoms with van der Waals surface area (Å²) in [5.74, 6) is 1.71. The summed E-state index contributed by atoms with van der Waals surface area (Å²) >= 11 is 0. The zero-order chi connectivity index (χ0) is 17.8. The van der Waals surface area contributed by atoms with Gasteiger partial charge in [-0.15, -0.1) is 5.10 Å². The third-order valence-corrected chi connectivity index (χ3v) is 5.02. The summed E-state index contributed by atoms with van der Waals surface area (Å²) in [6.07, 6.45) is 1.68. The Hall–Kier alpha value is -2.51. The van der Waals surface area contributed by atoms with Crippen molar-refractivity contribution in [2.45, 2.75) is 19.5 Å². The number of furan rings is 1. The lowest BCUT2D eigenvalue weighted by atomic mass is 10.0. The number of tetrazole rings is 1. The van der Waals surface area contributed by atoms with Crippen LogP contribution in [0.5, 0.6) is 0 Å². The first kappa shape index (κ1) is 16.9. The monoisotopic (exact) mass is 352 g/mol. The molecule has 1 aromatic carbocycles. The standard InChI is InChI=1S/C19H24N6O/c1-2-23-10-12-24(13-11-23)18(16-7-4-3-5-8-16)19-20-21-22-25(19)15-17-9-6-14-26-17/h3-9,14,18H,2,10-13,15H2,1H3/t18-/m1/s1. The van der Waals surface area contributed by atoms with Gasteiger partial charge in [-0.1, -0.05) is 37.3 Å². The molecule has 0 spiro atoms. The zero-order valence-corrected chi connectivity index (χ0v) is 15.0. The van der Waals surface area contributed by atoms with E-state index in [2.05, 4.69) is 56.5 Å². The summed E-state index contributed by atoms with van der Waals surface area (Å²) in [6.45, 7) is 7.99. The summed E-state index contributed by atoms with van der Waals surface area (Å²) in [4.78, 5) is 4.95. The Labute approximate surface area is 153 Å². The minimum atomic E-state index is 0.0418. The first-order valence-corrected chi connectivity index (χ1v) is 9.15. The first-order chi connectivity index (χ1) is 12.8. The van der Waals surface area contributed by atoms with Gasteiger partial charge in [-0.3, -0.25) is 4.90 Å². The van der Waals surface area contributed by atoms with Crippen molar-refractivity contribution in [1.82, 2.24) is 30.0 Å². The van der Waals surface area contributed by atoms with Crippen LogP contribution >= 0.6 is 0 Å². The molecule has 2 aromatic heterocycles. The van der Waals surface area contributed by atoms with E-state index in [4.69, 9.17) is 4.42 Å². The van der Waals surface area contributed by atoms with Crippen LogP contribution in [-0.2, 0) is 6.54 Å². The number of likely N-dealkylation sites (N-methyl/N-ethyl adjacent to an activating group) is 1. The van der Waals surface area contributed by atoms with E-state index in [0.717, 1.165) is 44.3 Å². The normalized spacial score (nSPS) is 17.4. The summed E-state index contributed by atoms with van der Waals surface area (Å²) in [5.41, 5.74) is 1.22. The maximum Gasteiger partial charge on any atom is 0.173 e. The molecule has 1 aliphatic heterocycles. The van der Waals surface area contributed by atoms with Crippen LogP contribution in [0.3, 0.4) is 0 Å². The van der Waals surface area contributed by atoms with Gasteiger partial charge in [-0.2, -0.15) is 0 Å². The van der Waals surface area contributed by atoms with Gasteiger partial charge < -0.3 is 9.32 Å². The van der Waals surface area contributed by atoms with Gasteiger partial charge in [0, 0.05) is 26.2 Å². The first-order valence-electron chi connectivity index (χ1n) is 9.15. The van der Waals surface area contributed by atoms with Crippen molar-refractivity contribution in [3.05, 3.63) is 65.9 Å². The summed E-state index contributed by atoms with van der Waals surface area (Å²) in [6, 6.07) is 14.4. The predicted molar refractivity (Wildman–Crippen MR) is 97.6 cm³/mol. The average molecular weight is 352 g/mol. The molecule has 0 saturated carbocycles. The SMILES string of the molecule is CCN1CCN([C@H](c2ccccc2)c2nnnn2Cc2ccco2)CC1. The Balaban J connectivity index is 1.65. The summed E-state index contributed by atoms with van der Waals surface area (Å²) in [7, 11) is 0. The Bertz CT molecular complexity index is 793. The molecular weight excluding hydrogens is 328 g/mol. The highest BCUT2D eigenvalue weighted by Crippen LogP contribution is 2.28. The number of nitrogens with zero attached hydrogens (tertiary/aromatic N) is 6. The topological polar surface area (TPSA) is 63.2 Å². The van der Waals surface area contributed by atoms with Crippen molar-refractivity contribution in [2.24, 2.45) is 0 Å². The molecular formula is C19H24N6O. The fraction of sp³-hybridized carbons (Fsp3) is 0.421. The van der Waals surface area contributed by atoms with E-state index >= 15 is 0 Å². The number of hydrogen-bond donors (Lipinski definition) is 0. The van der Waals surface area contributed by atoms with Crippen molar-refractivity contribution in [3.63, 3.8) is 0 Å². The Kier molecular flexibility index (Phi) is 5.08. The molecule has 0 bridgehead atoms. The molecule has 0 amide bonds. The Morgan fingerprint density at radius 3 is 2.54 bits per heavy atom. The molecule has 7 nitrogen and oxygen atoms in total. The number of rotatable bonds is 6. The molecule has 7 heteroatoms. The summed E-state index contributed by atoms with van der Waals surface area (Å²) < 4.78 is 7.33. The molecule has 26 heavy (non-hydrogen) atoms. The molecule has 136 valence electrons. The maximum absolute atomic E-state index is 5.48. The van der Waals surface area contributed by atoms with Crippen LogP contribution in [0.1, 0.15) is 30.1 Å². The number of benzene rings is 1. The zero-order valence-electron chi connectivity index (χ0n) is 15.0. The van der Waals surface area contributed by atoms with Crippen molar-refractivity contribution in [3.8, 4) is 0 Å². The quantitative estimate of drug-likeness (QED) is 0.676. The van der Waals surface area contributed by atoms with Crippen molar-refractivity contribution < 1.29 is 4.42 Å². The largest absolute Gasteiger partial charge is 0.467 e. The molecule has 0 radical (unpaired) electrons. The fourth-order valence-corrected chi connectivity index (χ4v) is 3.57. The van der Waals surface area contributed by atoms with Crippen LogP contribution in [-0.4, -0.2) is 62.7 Å². The molecule has 1 aliphatic rings. The van der Waals surface area contributed by atoms with Crippen LogP contribution in [0, 0.1) is 0 Å². The number of aromatic nitrogens is 4. The lowest BCUT2D eigenvalue weighted by molar-refractivity contribution is 0.108. The lowest BCUT2D eigenvalue weighted by Gasteiger charge is -2.38. The van der Waals surface area contributed by atoms with Gasteiger partial charge >= 0.3 is 0 Å². The average Bonchev–Trinajstić information content (AvgIpc) is 3.37. The third-order valence-electron chi connectivity index (χ3n) is 5.02. The molecule has 3 heterocycles. The van der Waals surface area contributed by atoms with Crippen molar-refractivity contribution in [2.75, 3.05) is 32.7 Å². The molecule has 3 aromatic rings. The van der Waals surface area contributed by atoms with Crippen LogP contribution in [0.4, 0.5) is 0 Å². The molecule has 0 N–H and O–H groups in total. The minimum absolute atomic E-state index is 0.0418. The Morgan fingerprint density at radius 1 is 1.04 bits per heavy atom. The Morgan fingerprint density at radius 2 is 1.85 bits per heavy atom. The molecule has 1 atom stereocenters. The van der Waals surface area contributed by atoms with E-state index in [9.17, 15) is 0 Å². The van der Waals surface area contributed by atoms with Crippen LogP contribution < -0.4 is 0 Å². The highest BCUT2D eigenvalue weighted by atomic mass is 16.3. The molecule has 0 aliphatic carbocycles. The molecule has 1 fully saturated rings. The summed E-state index contributed by atoms with van der Waals surface area (Å²) in [5, 5.41) is 12.6. The predicted octanol–water partition coefficient (Wildman–Crippen LogP) is 2.04. The van der Waals surface area contributed by atoms with Gasteiger partial charge in [-0.05, 0) is 34.7 Å². The number of piperazine rings is 1. The van der Waals surface area contributed by atoms with Gasteiger partial charge in [0.25, 0.3) is 0 Å². The van der Waals surface area contributed by atoms with Gasteiger partial charge in [0.05, 0.1) is 12.3 Å². The van der Waals surface area contributed by atoms with Gasteiger partial charge in [0.1, 0.15) is 12.3 Å². The van der Waals surface area contributed by atoms with Crippen molar-refractivity contribution in [1.29, 1.82) is 0 Å². The molecule has 1 saturated heterocycles. The van der Waals surface area contributed by atoms with E-state index < -0.39 is 0 Å². The molecule has 0 unspecified atom stereocenters. The van der Waals surface area contributed by atoms with E-state index in [1.807, 2.05) is 22.9 Å². The highest BCUT2D eigenvalue weighted by molar-refractivity contribution is 5.25. The third kappa shape index (κ3) is 3.54. The smallest absolute Gasteiger partial charge is 0.173 e. The maximum atomic E-state index is 5.48. The molecule has 4 rings (SSSR count). The van der Waals surface area contributed by atoms with Gasteiger partial charge in [-0.25, -0.2) is 4.68 Å². The minimum Gasteiger partial charge on any atom is -0.467 e. The van der Waals surface area contributed by atoms with E-state index in [-0.39, 0.29) is 6.04 Å². The van der Waals surface area contributed by atoms with Crippen LogP contribution in [0.25, 0.3) is 0 Å². The lowest BCUT2D eigenvalue weighted by Crippen LogP contribution is -2.48. The second kappa shape index (κ2) is 7.80.